The van der Waals surface area contributed by atoms with E-state index in [1.807, 2.05) is 74.5 Å². The number of sulfonamides is 1. The Kier molecular flexibility index (Phi) is 11.1. The van der Waals surface area contributed by atoms with Crippen molar-refractivity contribution in [2.45, 2.75) is 49.6 Å². The van der Waals surface area contributed by atoms with Crippen LogP contribution in [0.3, 0.4) is 0 Å². The lowest BCUT2D eigenvalue weighted by Crippen LogP contribution is -2.46. The van der Waals surface area contributed by atoms with Crippen LogP contribution in [0.2, 0.25) is 0 Å². The molecule has 3 aromatic carbocycles. The summed E-state index contributed by atoms with van der Waals surface area (Å²) in [6, 6.07) is 24.0. The van der Waals surface area contributed by atoms with Crippen LogP contribution >= 0.6 is 0 Å². The highest BCUT2D eigenvalue weighted by molar-refractivity contribution is 7.89. The highest BCUT2D eigenvalue weighted by Crippen LogP contribution is 2.27. The molecule has 39 heavy (non-hydrogen) atoms. The van der Waals surface area contributed by atoms with Gasteiger partial charge in [-0.25, -0.2) is 8.42 Å². The minimum atomic E-state index is -3.85. The van der Waals surface area contributed by atoms with Gasteiger partial charge in [-0.15, -0.1) is 0 Å². The van der Waals surface area contributed by atoms with Crippen LogP contribution in [0.1, 0.15) is 43.7 Å². The van der Waals surface area contributed by atoms with E-state index in [9.17, 15) is 18.3 Å². The second kappa shape index (κ2) is 14.2. The zero-order chi connectivity index (χ0) is 28.4. The fraction of sp³-hybridized carbons (Fsp3) is 0.367. The van der Waals surface area contributed by atoms with Crippen LogP contribution in [-0.4, -0.2) is 55.5 Å². The Morgan fingerprint density at radius 3 is 1.95 bits per heavy atom. The van der Waals surface area contributed by atoms with Crippen LogP contribution in [0.25, 0.3) is 0 Å². The summed E-state index contributed by atoms with van der Waals surface area (Å²) in [5.41, 5.74) is 14.6. The maximum atomic E-state index is 13.4. The summed E-state index contributed by atoms with van der Waals surface area (Å²) in [6.07, 6.45) is 0.838. The van der Waals surface area contributed by atoms with Crippen LogP contribution in [0, 0.1) is 5.92 Å². The molecule has 0 aromatic heterocycles. The first kappa shape index (κ1) is 30.3. The van der Waals surface area contributed by atoms with E-state index in [-0.39, 0.29) is 35.8 Å². The highest BCUT2D eigenvalue weighted by Gasteiger charge is 2.32. The van der Waals surface area contributed by atoms with E-state index < -0.39 is 22.1 Å². The minimum Gasteiger partial charge on any atom is -0.399 e. The van der Waals surface area contributed by atoms with E-state index in [4.69, 9.17) is 11.5 Å². The zero-order valence-corrected chi connectivity index (χ0v) is 23.4. The topological polar surface area (TPSA) is 139 Å². The minimum absolute atomic E-state index is 0.0493. The van der Waals surface area contributed by atoms with Crippen LogP contribution in [-0.2, 0) is 14.8 Å². The molecule has 0 saturated carbocycles. The molecule has 1 amide bonds. The quantitative estimate of drug-likeness (QED) is 0.179. The number of hydrogen-bond donors (Lipinski definition) is 4. The summed E-state index contributed by atoms with van der Waals surface area (Å²) >= 11 is 0. The van der Waals surface area contributed by atoms with E-state index in [0.29, 0.717) is 25.1 Å². The fourth-order valence-corrected chi connectivity index (χ4v) is 6.46. The molecule has 0 bridgehead atoms. The Labute approximate surface area is 232 Å². The van der Waals surface area contributed by atoms with E-state index in [2.05, 4.69) is 5.32 Å². The maximum absolute atomic E-state index is 13.4. The molecule has 0 aliphatic carbocycles. The summed E-state index contributed by atoms with van der Waals surface area (Å²) in [4.78, 5) is 13.2. The van der Waals surface area contributed by atoms with Crippen molar-refractivity contribution in [3.05, 3.63) is 96.1 Å². The van der Waals surface area contributed by atoms with E-state index >= 15 is 0 Å². The van der Waals surface area contributed by atoms with Crippen molar-refractivity contribution < 1.29 is 18.3 Å². The lowest BCUT2D eigenvalue weighted by atomic mass is 9.85. The monoisotopic (exact) mass is 552 g/mol. The number of rotatable bonds is 14. The summed E-state index contributed by atoms with van der Waals surface area (Å²) in [5, 5.41) is 13.1. The number of nitrogens with two attached hydrogens (primary N) is 2. The SMILES string of the molecule is CC(C)CN([C@H](CO)CCCNC(=O)[C@@H](N)C(c1ccccc1)c1ccccc1)S(=O)(=O)c1ccc(N)cc1. The van der Waals surface area contributed by atoms with E-state index in [1.165, 1.54) is 16.4 Å². The van der Waals surface area contributed by atoms with Crippen LogP contribution in [0.4, 0.5) is 5.69 Å². The summed E-state index contributed by atoms with van der Waals surface area (Å²) in [7, 11) is -3.85. The molecule has 8 nitrogen and oxygen atoms in total. The molecule has 3 aromatic rings. The van der Waals surface area contributed by atoms with Crippen molar-refractivity contribution in [1.82, 2.24) is 9.62 Å². The van der Waals surface area contributed by atoms with Gasteiger partial charge < -0.3 is 21.9 Å². The average Bonchev–Trinajstić information content (AvgIpc) is 2.93. The molecule has 0 spiro atoms. The standard InChI is InChI=1S/C30H40N4O4S/c1-22(2)20-34(39(37,38)27-17-15-25(31)16-18-27)26(21-35)14-9-19-33-30(36)29(32)28(23-10-5-3-6-11-23)24-12-7-4-8-13-24/h3-8,10-13,15-18,22,26,28-29,35H,9,14,19-21,31-32H2,1-2H3,(H,33,36)/t26-,29-/m0/s1. The third kappa shape index (κ3) is 8.12. The number of carbonyl (C=O) groups is 1. The molecule has 6 N–H and O–H groups in total. The number of carbonyl (C=O) groups excluding carboxylic acids is 1. The number of benzene rings is 3. The largest absolute Gasteiger partial charge is 0.399 e. The smallest absolute Gasteiger partial charge is 0.243 e. The highest BCUT2D eigenvalue weighted by atomic mass is 32.2. The number of nitrogens with zero attached hydrogens (tertiary/aromatic N) is 1. The summed E-state index contributed by atoms with van der Waals surface area (Å²) < 4.78 is 28.2. The Morgan fingerprint density at radius 1 is 0.923 bits per heavy atom. The first-order valence-electron chi connectivity index (χ1n) is 13.3. The predicted molar refractivity (Wildman–Crippen MR) is 155 cm³/mol. The molecule has 0 unspecified atom stereocenters. The van der Waals surface area contributed by atoms with Gasteiger partial charge in [0.2, 0.25) is 15.9 Å². The van der Waals surface area contributed by atoms with Gasteiger partial charge in [-0.05, 0) is 54.2 Å². The Balaban J connectivity index is 1.66. The molecule has 9 heteroatoms. The normalized spacial score (nSPS) is 13.5. The average molecular weight is 553 g/mol. The Hall–Kier alpha value is -3.24. The first-order valence-corrected chi connectivity index (χ1v) is 14.7. The van der Waals surface area contributed by atoms with E-state index in [0.717, 1.165) is 11.1 Å². The van der Waals surface area contributed by atoms with Crippen molar-refractivity contribution in [1.29, 1.82) is 0 Å². The lowest BCUT2D eigenvalue weighted by Gasteiger charge is -2.31. The third-order valence-electron chi connectivity index (χ3n) is 6.64. The van der Waals surface area contributed by atoms with Gasteiger partial charge in [-0.1, -0.05) is 74.5 Å². The fourth-order valence-electron chi connectivity index (χ4n) is 4.65. The molecular formula is C30H40N4O4S. The van der Waals surface area contributed by atoms with Crippen LogP contribution in [0.15, 0.2) is 89.8 Å². The zero-order valence-electron chi connectivity index (χ0n) is 22.6. The maximum Gasteiger partial charge on any atom is 0.243 e. The Morgan fingerprint density at radius 2 is 1.46 bits per heavy atom. The molecule has 0 aliphatic rings. The number of amides is 1. The van der Waals surface area contributed by atoms with Gasteiger partial charge in [0.25, 0.3) is 0 Å². The van der Waals surface area contributed by atoms with Crippen molar-refractivity contribution in [3.8, 4) is 0 Å². The Bertz CT molecular complexity index is 1230. The second-order valence-electron chi connectivity index (χ2n) is 10.1. The number of nitrogens with one attached hydrogen (secondary N) is 1. The molecule has 0 aliphatic heterocycles. The summed E-state index contributed by atoms with van der Waals surface area (Å²) in [6.45, 7) is 4.08. The molecule has 0 fully saturated rings. The molecule has 3 rings (SSSR count). The van der Waals surface area contributed by atoms with Gasteiger partial charge in [0.15, 0.2) is 0 Å². The van der Waals surface area contributed by atoms with Gasteiger partial charge in [0.1, 0.15) is 0 Å². The van der Waals surface area contributed by atoms with E-state index in [1.54, 1.807) is 12.1 Å². The second-order valence-corrected chi connectivity index (χ2v) is 12.0. The first-order chi connectivity index (χ1) is 18.6. The predicted octanol–water partition coefficient (Wildman–Crippen LogP) is 3.33. The van der Waals surface area contributed by atoms with Gasteiger partial charge in [0, 0.05) is 30.7 Å². The van der Waals surface area contributed by atoms with Crippen molar-refractivity contribution >= 4 is 21.6 Å². The van der Waals surface area contributed by atoms with Crippen LogP contribution in [0.5, 0.6) is 0 Å². The number of aliphatic hydroxyl groups excluding tert-OH is 1. The van der Waals surface area contributed by atoms with Gasteiger partial charge in [-0.2, -0.15) is 4.31 Å². The number of anilines is 1. The summed E-state index contributed by atoms with van der Waals surface area (Å²) in [5.74, 6) is -0.556. The van der Waals surface area contributed by atoms with Crippen molar-refractivity contribution in [2.75, 3.05) is 25.4 Å². The van der Waals surface area contributed by atoms with Gasteiger partial charge in [0.05, 0.1) is 17.5 Å². The lowest BCUT2D eigenvalue weighted by molar-refractivity contribution is -0.122. The number of hydrogen-bond acceptors (Lipinski definition) is 6. The molecule has 0 saturated heterocycles. The van der Waals surface area contributed by atoms with Gasteiger partial charge >= 0.3 is 0 Å². The molecular weight excluding hydrogens is 512 g/mol. The third-order valence-corrected chi connectivity index (χ3v) is 8.57. The van der Waals surface area contributed by atoms with Crippen molar-refractivity contribution in [2.24, 2.45) is 11.7 Å². The van der Waals surface area contributed by atoms with Crippen LogP contribution < -0.4 is 16.8 Å². The molecule has 210 valence electrons. The number of aliphatic hydroxyl groups is 1. The number of nitrogen functional groups attached to an aromatic ring is 1. The molecule has 2 atom stereocenters. The molecule has 0 radical (unpaired) electrons. The van der Waals surface area contributed by atoms with Gasteiger partial charge in [-0.3, -0.25) is 4.79 Å². The van der Waals surface area contributed by atoms with Crippen molar-refractivity contribution in [3.63, 3.8) is 0 Å². The molecule has 0 heterocycles.